The molecule has 1 fully saturated rings. The van der Waals surface area contributed by atoms with E-state index >= 15 is 0 Å². The zero-order valence-corrected chi connectivity index (χ0v) is 16.6. The van der Waals surface area contributed by atoms with Gasteiger partial charge in [-0.3, -0.25) is 0 Å². The number of carbonyl (C=O) groups is 1. The fourth-order valence-corrected chi connectivity index (χ4v) is 4.40. The normalized spacial score (nSPS) is 22.1. The summed E-state index contributed by atoms with van der Waals surface area (Å²) in [7, 11) is 0. The number of pyridine rings is 1. The van der Waals surface area contributed by atoms with Crippen LogP contribution in [0, 0.1) is 0 Å². The molecule has 0 bridgehead atoms. The lowest BCUT2D eigenvalue weighted by molar-refractivity contribution is -0.109. The Balaban J connectivity index is 1.42. The number of aryl methyl sites for hydroxylation is 1. The minimum atomic E-state index is -0.170. The van der Waals surface area contributed by atoms with Crippen LogP contribution in [0.3, 0.4) is 0 Å². The molecule has 3 heterocycles. The number of ether oxygens (including phenoxy) is 1. The zero-order valence-electron chi connectivity index (χ0n) is 16.6. The number of benzene rings is 1. The van der Waals surface area contributed by atoms with Crippen LogP contribution in [0.4, 0.5) is 11.5 Å². The van der Waals surface area contributed by atoms with E-state index in [0.717, 1.165) is 56.0 Å². The quantitative estimate of drug-likeness (QED) is 0.538. The molecule has 0 amide bonds. The van der Waals surface area contributed by atoms with Crippen molar-refractivity contribution >= 4 is 17.8 Å². The van der Waals surface area contributed by atoms with Crippen molar-refractivity contribution < 1.29 is 9.53 Å². The molecule has 1 aromatic heterocycles. The second-order valence-corrected chi connectivity index (χ2v) is 7.82. The molecule has 2 aromatic rings. The number of fused-ring (bicyclic) bond motifs is 1. The third kappa shape index (κ3) is 4.04. The van der Waals surface area contributed by atoms with Crippen LogP contribution in [-0.4, -0.2) is 48.0 Å². The average molecular weight is 380 g/mol. The molecule has 1 saturated heterocycles. The lowest BCUT2D eigenvalue weighted by atomic mass is 9.96. The number of rotatable bonds is 7. The van der Waals surface area contributed by atoms with Gasteiger partial charge in [-0.05, 0) is 81.5 Å². The Morgan fingerprint density at radius 2 is 2.18 bits per heavy atom. The number of anilines is 2. The molecule has 2 atom stereocenters. The number of carbonyl (C=O) groups excluding carboxylic acids is 1. The monoisotopic (exact) mass is 379 g/mol. The molecule has 0 radical (unpaired) electrons. The number of likely N-dealkylation sites (tertiary alicyclic amines) is 1. The average Bonchev–Trinajstić information content (AvgIpc) is 3.15. The van der Waals surface area contributed by atoms with E-state index in [-0.39, 0.29) is 6.04 Å². The third-order valence-electron chi connectivity index (χ3n) is 5.95. The summed E-state index contributed by atoms with van der Waals surface area (Å²) in [5, 5.41) is 0. The van der Waals surface area contributed by atoms with Crippen molar-refractivity contribution in [3.05, 3.63) is 48.2 Å². The van der Waals surface area contributed by atoms with Gasteiger partial charge in [0.2, 0.25) is 0 Å². The van der Waals surface area contributed by atoms with Crippen LogP contribution in [0.5, 0.6) is 5.75 Å². The van der Waals surface area contributed by atoms with Crippen molar-refractivity contribution in [2.45, 2.75) is 51.1 Å². The Morgan fingerprint density at radius 1 is 1.25 bits per heavy atom. The molecule has 5 heteroatoms. The topological polar surface area (TPSA) is 45.7 Å². The molecule has 2 aliphatic heterocycles. The van der Waals surface area contributed by atoms with Gasteiger partial charge in [-0.15, -0.1) is 0 Å². The van der Waals surface area contributed by atoms with Crippen molar-refractivity contribution in [3.63, 3.8) is 0 Å². The summed E-state index contributed by atoms with van der Waals surface area (Å²) >= 11 is 0. The summed E-state index contributed by atoms with van der Waals surface area (Å²) < 4.78 is 6.03. The predicted octanol–water partition coefficient (Wildman–Crippen LogP) is 3.99. The van der Waals surface area contributed by atoms with Crippen LogP contribution in [0.15, 0.2) is 42.6 Å². The Bertz CT molecular complexity index is 796. The molecule has 1 unspecified atom stereocenters. The second-order valence-electron chi connectivity index (χ2n) is 7.82. The van der Waals surface area contributed by atoms with E-state index in [4.69, 9.17) is 4.74 Å². The fourth-order valence-electron chi connectivity index (χ4n) is 4.40. The molecule has 148 valence electrons. The van der Waals surface area contributed by atoms with Crippen LogP contribution < -0.4 is 9.64 Å². The van der Waals surface area contributed by atoms with Crippen molar-refractivity contribution in [2.75, 3.05) is 24.6 Å². The Kier molecular flexibility index (Phi) is 5.91. The number of aromatic nitrogens is 1. The van der Waals surface area contributed by atoms with Gasteiger partial charge in [-0.1, -0.05) is 6.07 Å². The lowest BCUT2D eigenvalue weighted by Gasteiger charge is -2.35. The van der Waals surface area contributed by atoms with Crippen LogP contribution in [-0.2, 0) is 11.2 Å². The highest BCUT2D eigenvalue weighted by atomic mass is 16.5. The second kappa shape index (κ2) is 8.74. The lowest BCUT2D eigenvalue weighted by Crippen LogP contribution is -2.37. The highest BCUT2D eigenvalue weighted by molar-refractivity contribution is 5.76. The summed E-state index contributed by atoms with van der Waals surface area (Å²) in [6.45, 7) is 5.39. The maximum atomic E-state index is 11.6. The highest BCUT2D eigenvalue weighted by Gasteiger charge is 2.28. The summed E-state index contributed by atoms with van der Waals surface area (Å²) in [6, 6.07) is 12.6. The number of hydrogen-bond donors (Lipinski definition) is 0. The van der Waals surface area contributed by atoms with Gasteiger partial charge in [0, 0.05) is 24.5 Å². The maximum Gasteiger partial charge on any atom is 0.142 e. The fraction of sp³-hybridized carbons (Fsp3) is 0.478. The van der Waals surface area contributed by atoms with Crippen molar-refractivity contribution in [1.29, 1.82) is 0 Å². The standard InChI is InChI=1S/C23H29N3O2/c1-18-6-4-13-25(18)14-5-15-28-21-10-11-22-19(16-21)8-9-20(17-27)26(22)23-7-2-3-12-24-23/h2-3,7,10-12,16-18,20H,4-6,8-9,13-15H2,1H3/t18-,20?/m1/s1. The molecule has 0 N–H and O–H groups in total. The molecule has 5 nitrogen and oxygen atoms in total. The largest absolute Gasteiger partial charge is 0.494 e. The van der Waals surface area contributed by atoms with Crippen molar-refractivity contribution in [1.82, 2.24) is 9.88 Å². The highest BCUT2D eigenvalue weighted by Crippen LogP contribution is 2.37. The first-order valence-electron chi connectivity index (χ1n) is 10.4. The van der Waals surface area contributed by atoms with Crippen LogP contribution >= 0.6 is 0 Å². The SMILES string of the molecule is C[C@@H]1CCCN1CCCOc1ccc2c(c1)CCC(C=O)N2c1ccccn1. The van der Waals surface area contributed by atoms with Gasteiger partial charge in [0.25, 0.3) is 0 Å². The van der Waals surface area contributed by atoms with Crippen molar-refractivity contribution in [3.8, 4) is 5.75 Å². The minimum Gasteiger partial charge on any atom is -0.494 e. The van der Waals surface area contributed by atoms with E-state index in [1.807, 2.05) is 29.2 Å². The molecule has 1 aromatic carbocycles. The first-order chi connectivity index (χ1) is 13.8. The van der Waals surface area contributed by atoms with Gasteiger partial charge < -0.3 is 19.3 Å². The minimum absolute atomic E-state index is 0.170. The molecule has 2 aliphatic rings. The van der Waals surface area contributed by atoms with E-state index in [1.165, 1.54) is 24.9 Å². The van der Waals surface area contributed by atoms with E-state index < -0.39 is 0 Å². The molecular weight excluding hydrogens is 350 g/mol. The van der Waals surface area contributed by atoms with Crippen LogP contribution in [0.1, 0.15) is 38.2 Å². The van der Waals surface area contributed by atoms with Crippen LogP contribution in [0.25, 0.3) is 0 Å². The predicted molar refractivity (Wildman–Crippen MR) is 111 cm³/mol. The van der Waals surface area contributed by atoms with Gasteiger partial charge in [0.1, 0.15) is 17.9 Å². The number of aldehydes is 1. The van der Waals surface area contributed by atoms with E-state index in [2.05, 4.69) is 28.9 Å². The van der Waals surface area contributed by atoms with Gasteiger partial charge in [0.15, 0.2) is 0 Å². The van der Waals surface area contributed by atoms with Gasteiger partial charge in [-0.25, -0.2) is 4.98 Å². The number of nitrogens with zero attached hydrogens (tertiary/aromatic N) is 3. The van der Waals surface area contributed by atoms with Gasteiger partial charge in [0.05, 0.1) is 12.6 Å². The summed E-state index contributed by atoms with van der Waals surface area (Å²) in [4.78, 5) is 20.7. The Morgan fingerprint density at radius 3 is 2.93 bits per heavy atom. The molecule has 0 aliphatic carbocycles. The molecule has 0 saturated carbocycles. The smallest absolute Gasteiger partial charge is 0.142 e. The molecule has 28 heavy (non-hydrogen) atoms. The number of hydrogen-bond acceptors (Lipinski definition) is 5. The molecule has 4 rings (SSSR count). The zero-order chi connectivity index (χ0) is 19.3. The first kappa shape index (κ1) is 18.9. The third-order valence-corrected chi connectivity index (χ3v) is 5.95. The summed E-state index contributed by atoms with van der Waals surface area (Å²) in [6.07, 6.45) is 8.16. The van der Waals surface area contributed by atoms with Crippen LogP contribution in [0.2, 0.25) is 0 Å². The molecule has 0 spiro atoms. The Hall–Kier alpha value is -2.40. The maximum absolute atomic E-state index is 11.6. The van der Waals surface area contributed by atoms with E-state index in [1.54, 1.807) is 6.20 Å². The first-order valence-corrected chi connectivity index (χ1v) is 10.4. The van der Waals surface area contributed by atoms with E-state index in [0.29, 0.717) is 6.04 Å². The summed E-state index contributed by atoms with van der Waals surface area (Å²) in [5.41, 5.74) is 2.27. The summed E-state index contributed by atoms with van der Waals surface area (Å²) in [5.74, 6) is 1.73. The van der Waals surface area contributed by atoms with Gasteiger partial charge in [-0.2, -0.15) is 0 Å². The Labute approximate surface area is 167 Å². The van der Waals surface area contributed by atoms with E-state index in [9.17, 15) is 4.79 Å². The van der Waals surface area contributed by atoms with Gasteiger partial charge >= 0.3 is 0 Å². The van der Waals surface area contributed by atoms with Crippen molar-refractivity contribution in [2.24, 2.45) is 0 Å². The molecular formula is C23H29N3O2.